The number of fused-ring (bicyclic) bond motifs is 1. The molecule has 0 spiro atoms. The van der Waals surface area contributed by atoms with E-state index in [1.807, 2.05) is 23.1 Å². The second kappa shape index (κ2) is 9.79. The van der Waals surface area contributed by atoms with Gasteiger partial charge in [0.15, 0.2) is 11.5 Å². The van der Waals surface area contributed by atoms with Crippen LogP contribution in [0.4, 0.5) is 0 Å². The highest BCUT2D eigenvalue weighted by Crippen LogP contribution is 2.33. The summed E-state index contributed by atoms with van der Waals surface area (Å²) >= 11 is 0. The normalized spacial score (nSPS) is 23.4. The van der Waals surface area contributed by atoms with Gasteiger partial charge in [-0.3, -0.25) is 9.69 Å². The van der Waals surface area contributed by atoms with E-state index in [1.165, 1.54) is 0 Å². The Morgan fingerprint density at radius 2 is 1.57 bits per heavy atom. The fourth-order valence-corrected chi connectivity index (χ4v) is 6.99. The van der Waals surface area contributed by atoms with Gasteiger partial charge >= 0.3 is 0 Å². The van der Waals surface area contributed by atoms with Gasteiger partial charge in [-0.05, 0) is 60.2 Å². The minimum Gasteiger partial charge on any atom is -0.454 e. The number of piperazine rings is 1. The van der Waals surface area contributed by atoms with E-state index in [9.17, 15) is 13.2 Å². The summed E-state index contributed by atoms with van der Waals surface area (Å²) in [4.78, 5) is 17.5. The Morgan fingerprint density at radius 1 is 0.914 bits per heavy atom. The quantitative estimate of drug-likeness (QED) is 0.629. The molecule has 0 N–H and O–H groups in total. The van der Waals surface area contributed by atoms with E-state index < -0.39 is 10.0 Å². The van der Waals surface area contributed by atoms with Gasteiger partial charge in [0.05, 0.1) is 4.90 Å². The van der Waals surface area contributed by atoms with Crippen molar-refractivity contribution < 1.29 is 22.7 Å². The molecular formula is C26H33N3O5S. The molecule has 5 rings (SSSR count). The van der Waals surface area contributed by atoms with Gasteiger partial charge < -0.3 is 14.4 Å². The number of nitrogens with zero attached hydrogens (tertiary/aromatic N) is 3. The molecule has 3 aliphatic rings. The number of sulfonamides is 1. The number of carbonyl (C=O) groups is 1. The lowest BCUT2D eigenvalue weighted by Gasteiger charge is -2.35. The van der Waals surface area contributed by atoms with Crippen LogP contribution in [0.15, 0.2) is 47.4 Å². The Morgan fingerprint density at radius 3 is 2.26 bits per heavy atom. The SMILES string of the molecule is CC1CC(C)CN(S(=O)(=O)c2ccc(C(=O)N3CCN(Cc4ccc5c(c4)OCO5)CC3)cc2)C1. The van der Waals surface area contributed by atoms with Gasteiger partial charge in [-0.25, -0.2) is 8.42 Å². The summed E-state index contributed by atoms with van der Waals surface area (Å²) in [6, 6.07) is 12.4. The number of carbonyl (C=O) groups excluding carboxylic acids is 1. The molecule has 0 saturated carbocycles. The third kappa shape index (κ3) is 5.17. The minimum atomic E-state index is -3.55. The maximum atomic E-state index is 13.1. The van der Waals surface area contributed by atoms with Crippen LogP contribution in [-0.4, -0.2) is 74.5 Å². The number of hydrogen-bond acceptors (Lipinski definition) is 6. The predicted molar refractivity (Wildman–Crippen MR) is 132 cm³/mol. The van der Waals surface area contributed by atoms with Crippen molar-refractivity contribution in [3.8, 4) is 11.5 Å². The van der Waals surface area contributed by atoms with Crippen LogP contribution < -0.4 is 9.47 Å². The molecule has 0 aromatic heterocycles. The van der Waals surface area contributed by atoms with Crippen molar-refractivity contribution in [1.82, 2.24) is 14.1 Å². The molecule has 9 heteroatoms. The van der Waals surface area contributed by atoms with E-state index in [1.54, 1.807) is 28.6 Å². The Labute approximate surface area is 207 Å². The summed E-state index contributed by atoms with van der Waals surface area (Å²) in [5.41, 5.74) is 1.68. The van der Waals surface area contributed by atoms with Crippen LogP contribution in [0.5, 0.6) is 11.5 Å². The highest BCUT2D eigenvalue weighted by atomic mass is 32.2. The number of amides is 1. The molecule has 0 bridgehead atoms. The largest absolute Gasteiger partial charge is 0.454 e. The average molecular weight is 500 g/mol. The summed E-state index contributed by atoms with van der Waals surface area (Å²) < 4.78 is 38.7. The third-order valence-corrected chi connectivity index (χ3v) is 8.92. The number of hydrogen-bond donors (Lipinski definition) is 0. The molecule has 2 fully saturated rings. The van der Waals surface area contributed by atoms with Crippen LogP contribution in [0.3, 0.4) is 0 Å². The monoisotopic (exact) mass is 499 g/mol. The second-order valence-electron chi connectivity index (χ2n) is 10.0. The number of benzene rings is 2. The van der Waals surface area contributed by atoms with E-state index in [4.69, 9.17) is 9.47 Å². The van der Waals surface area contributed by atoms with Gasteiger partial charge in [-0.1, -0.05) is 19.9 Å². The van der Waals surface area contributed by atoms with Gasteiger partial charge in [-0.15, -0.1) is 0 Å². The lowest BCUT2D eigenvalue weighted by molar-refractivity contribution is 0.0628. The highest BCUT2D eigenvalue weighted by Gasteiger charge is 2.32. The molecule has 0 aliphatic carbocycles. The fraction of sp³-hybridized carbons (Fsp3) is 0.500. The van der Waals surface area contributed by atoms with Crippen molar-refractivity contribution in [2.75, 3.05) is 46.1 Å². The zero-order valence-electron chi connectivity index (χ0n) is 20.4. The lowest BCUT2D eigenvalue weighted by atomic mass is 9.94. The van der Waals surface area contributed by atoms with Crippen molar-refractivity contribution in [3.05, 3.63) is 53.6 Å². The maximum Gasteiger partial charge on any atom is 0.253 e. The molecule has 3 aliphatic heterocycles. The zero-order chi connectivity index (χ0) is 24.6. The van der Waals surface area contributed by atoms with Gasteiger partial charge in [0.2, 0.25) is 16.8 Å². The Kier molecular flexibility index (Phi) is 6.74. The second-order valence-corrected chi connectivity index (χ2v) is 12.0. The van der Waals surface area contributed by atoms with Gasteiger partial charge in [0.1, 0.15) is 0 Å². The third-order valence-electron chi connectivity index (χ3n) is 7.08. The average Bonchev–Trinajstić information content (AvgIpc) is 3.31. The number of piperidine rings is 1. The number of rotatable bonds is 5. The van der Waals surface area contributed by atoms with E-state index in [-0.39, 0.29) is 17.6 Å². The summed E-state index contributed by atoms with van der Waals surface area (Å²) in [6.07, 6.45) is 1.05. The molecule has 2 atom stereocenters. The van der Waals surface area contributed by atoms with Crippen LogP contribution in [0.2, 0.25) is 0 Å². The number of ether oxygens (including phenoxy) is 2. The maximum absolute atomic E-state index is 13.1. The van der Waals surface area contributed by atoms with Crippen LogP contribution >= 0.6 is 0 Å². The van der Waals surface area contributed by atoms with Crippen LogP contribution in [0, 0.1) is 11.8 Å². The summed E-state index contributed by atoms with van der Waals surface area (Å²) in [7, 11) is -3.55. The van der Waals surface area contributed by atoms with Gasteiger partial charge in [-0.2, -0.15) is 4.31 Å². The van der Waals surface area contributed by atoms with E-state index in [2.05, 4.69) is 18.7 Å². The zero-order valence-corrected chi connectivity index (χ0v) is 21.2. The predicted octanol–water partition coefficient (Wildman–Crippen LogP) is 3.04. The molecule has 3 heterocycles. The molecule has 2 aromatic rings. The van der Waals surface area contributed by atoms with Crippen molar-refractivity contribution in [3.63, 3.8) is 0 Å². The molecule has 188 valence electrons. The smallest absolute Gasteiger partial charge is 0.253 e. The molecule has 1 amide bonds. The van der Waals surface area contributed by atoms with E-state index in [0.717, 1.165) is 43.1 Å². The summed E-state index contributed by atoms with van der Waals surface area (Å²) in [5, 5.41) is 0. The lowest BCUT2D eigenvalue weighted by Crippen LogP contribution is -2.48. The van der Waals surface area contributed by atoms with Crippen molar-refractivity contribution >= 4 is 15.9 Å². The molecule has 2 aromatic carbocycles. The molecule has 35 heavy (non-hydrogen) atoms. The summed E-state index contributed by atoms with van der Waals surface area (Å²) in [5.74, 6) is 2.20. The Hall–Kier alpha value is -2.62. The summed E-state index contributed by atoms with van der Waals surface area (Å²) in [6.45, 7) is 9.15. The van der Waals surface area contributed by atoms with Gasteiger partial charge in [0, 0.05) is 51.4 Å². The van der Waals surface area contributed by atoms with Crippen LogP contribution in [0.25, 0.3) is 0 Å². The Balaban J connectivity index is 1.17. The van der Waals surface area contributed by atoms with Gasteiger partial charge in [0.25, 0.3) is 5.91 Å². The first kappa shape index (κ1) is 24.1. The fourth-order valence-electron chi connectivity index (χ4n) is 5.31. The van der Waals surface area contributed by atoms with Crippen molar-refractivity contribution in [2.24, 2.45) is 11.8 Å². The first-order valence-electron chi connectivity index (χ1n) is 12.3. The molecule has 2 saturated heterocycles. The molecule has 8 nitrogen and oxygen atoms in total. The van der Waals surface area contributed by atoms with Crippen molar-refractivity contribution in [2.45, 2.75) is 31.7 Å². The van der Waals surface area contributed by atoms with Crippen molar-refractivity contribution in [1.29, 1.82) is 0 Å². The molecular weight excluding hydrogens is 466 g/mol. The first-order valence-corrected chi connectivity index (χ1v) is 13.7. The van der Waals surface area contributed by atoms with E-state index >= 15 is 0 Å². The molecule has 0 radical (unpaired) electrons. The van der Waals surface area contributed by atoms with Crippen LogP contribution in [0.1, 0.15) is 36.2 Å². The molecule has 2 unspecified atom stereocenters. The first-order chi connectivity index (χ1) is 16.8. The minimum absolute atomic E-state index is 0.0584. The topological polar surface area (TPSA) is 79.4 Å². The standard InChI is InChI=1S/C26H33N3O5S/c1-19-13-20(2)16-29(15-19)35(31,32)23-6-4-22(5-7-23)26(30)28-11-9-27(10-12-28)17-21-3-8-24-25(14-21)34-18-33-24/h3-8,14,19-20H,9-13,15-18H2,1-2H3. The Bertz CT molecular complexity index is 1170. The van der Waals surface area contributed by atoms with Crippen LogP contribution in [-0.2, 0) is 16.6 Å². The van der Waals surface area contributed by atoms with E-state index in [0.29, 0.717) is 43.6 Å². The highest BCUT2D eigenvalue weighted by molar-refractivity contribution is 7.89.